The fraction of sp³-hybridized carbons (Fsp3) is 0.267. The Morgan fingerprint density at radius 1 is 1.38 bits per heavy atom. The summed E-state index contributed by atoms with van der Waals surface area (Å²) in [5.74, 6) is -0.0944. The highest BCUT2D eigenvalue weighted by Gasteiger charge is 2.21. The minimum atomic E-state index is -0.0944. The minimum Gasteiger partial charge on any atom is -0.393 e. The highest BCUT2D eigenvalue weighted by molar-refractivity contribution is 7.80. The van der Waals surface area contributed by atoms with Gasteiger partial charge in [0.15, 0.2) is 0 Å². The first-order valence-electron chi connectivity index (χ1n) is 6.64. The molecule has 1 aromatic carbocycles. The predicted molar refractivity (Wildman–Crippen MR) is 87.5 cm³/mol. The van der Waals surface area contributed by atoms with Gasteiger partial charge < -0.3 is 10.6 Å². The Morgan fingerprint density at radius 2 is 2.05 bits per heavy atom. The highest BCUT2D eigenvalue weighted by atomic mass is 32.1. The molecule has 2 N–H and O–H groups in total. The van der Waals surface area contributed by atoms with Crippen molar-refractivity contribution in [3.05, 3.63) is 47.8 Å². The van der Waals surface area contributed by atoms with Crippen LogP contribution < -0.4 is 10.6 Å². The monoisotopic (exact) mass is 302 g/mol. The van der Waals surface area contributed by atoms with E-state index in [0.29, 0.717) is 29.2 Å². The summed E-state index contributed by atoms with van der Waals surface area (Å²) in [7, 11) is 1.80. The van der Waals surface area contributed by atoms with Gasteiger partial charge in [0.1, 0.15) is 0 Å². The number of amides is 1. The quantitative estimate of drug-likeness (QED) is 0.859. The zero-order valence-corrected chi connectivity index (χ0v) is 12.9. The van der Waals surface area contributed by atoms with Crippen molar-refractivity contribution >= 4 is 28.8 Å². The van der Waals surface area contributed by atoms with Gasteiger partial charge in [-0.05, 0) is 19.1 Å². The number of benzene rings is 1. The molecule has 0 bridgehead atoms. The molecule has 0 aliphatic rings. The molecule has 0 fully saturated rings. The van der Waals surface area contributed by atoms with Crippen molar-refractivity contribution < 1.29 is 4.79 Å². The zero-order valence-electron chi connectivity index (χ0n) is 12.1. The molecule has 2 aromatic rings. The molecule has 21 heavy (non-hydrogen) atoms. The topological polar surface area (TPSA) is 64.2 Å². The van der Waals surface area contributed by atoms with Crippen LogP contribution in [0.25, 0.3) is 0 Å². The Hall–Kier alpha value is -2.21. The molecule has 1 aromatic heterocycles. The number of rotatable bonds is 5. The molecule has 0 saturated heterocycles. The van der Waals surface area contributed by atoms with E-state index in [4.69, 9.17) is 18.0 Å². The van der Waals surface area contributed by atoms with Crippen LogP contribution in [0.4, 0.5) is 5.69 Å². The number of aryl methyl sites for hydroxylation is 2. The molecular weight excluding hydrogens is 284 g/mol. The average Bonchev–Trinajstić information content (AvgIpc) is 2.78. The van der Waals surface area contributed by atoms with Gasteiger partial charge in [-0.25, -0.2) is 0 Å². The van der Waals surface area contributed by atoms with Gasteiger partial charge in [0, 0.05) is 31.9 Å². The van der Waals surface area contributed by atoms with Crippen LogP contribution in [0.5, 0.6) is 0 Å². The molecule has 2 rings (SSSR count). The number of aromatic nitrogens is 2. The van der Waals surface area contributed by atoms with E-state index in [0.717, 1.165) is 5.69 Å². The first kappa shape index (κ1) is 15.2. The number of carbonyl (C=O) groups is 1. The number of hydrogen-bond acceptors (Lipinski definition) is 3. The summed E-state index contributed by atoms with van der Waals surface area (Å²) in [5.41, 5.74) is 7.68. The van der Waals surface area contributed by atoms with Crippen LogP contribution in [0.1, 0.15) is 22.5 Å². The Morgan fingerprint density at radius 3 is 2.57 bits per heavy atom. The van der Waals surface area contributed by atoms with E-state index in [-0.39, 0.29) is 5.91 Å². The fourth-order valence-corrected chi connectivity index (χ4v) is 2.22. The largest absolute Gasteiger partial charge is 0.393 e. The van der Waals surface area contributed by atoms with E-state index in [1.165, 1.54) is 0 Å². The van der Waals surface area contributed by atoms with Crippen molar-refractivity contribution in [1.29, 1.82) is 0 Å². The Labute approximate surface area is 129 Å². The second kappa shape index (κ2) is 6.49. The average molecular weight is 302 g/mol. The molecule has 5 nitrogen and oxygen atoms in total. The fourth-order valence-electron chi connectivity index (χ4n) is 2.13. The third kappa shape index (κ3) is 3.66. The molecule has 1 heterocycles. The van der Waals surface area contributed by atoms with Crippen molar-refractivity contribution in [2.45, 2.75) is 13.3 Å². The molecule has 0 aliphatic carbocycles. The van der Waals surface area contributed by atoms with Gasteiger partial charge in [0.05, 0.1) is 16.2 Å². The molecule has 110 valence electrons. The summed E-state index contributed by atoms with van der Waals surface area (Å²) in [6.07, 6.45) is 2.21. The van der Waals surface area contributed by atoms with Crippen LogP contribution >= 0.6 is 12.2 Å². The number of para-hydroxylation sites is 1. The number of nitrogens with two attached hydrogens (primary N) is 1. The molecule has 0 aliphatic heterocycles. The second-order valence-corrected chi connectivity index (χ2v) is 5.33. The lowest BCUT2D eigenvalue weighted by Crippen LogP contribution is -2.34. The summed E-state index contributed by atoms with van der Waals surface area (Å²) in [5, 5.41) is 4.22. The van der Waals surface area contributed by atoms with Crippen LogP contribution in [0.3, 0.4) is 0 Å². The first-order valence-corrected chi connectivity index (χ1v) is 7.05. The molecule has 0 radical (unpaired) electrons. The summed E-state index contributed by atoms with van der Waals surface area (Å²) in [4.78, 5) is 14.9. The molecule has 0 saturated carbocycles. The van der Waals surface area contributed by atoms with Crippen LogP contribution in [-0.2, 0) is 7.05 Å². The number of thiocarbonyl (C=S) groups is 1. The van der Waals surface area contributed by atoms with Gasteiger partial charge in [-0.15, -0.1) is 0 Å². The van der Waals surface area contributed by atoms with Crippen molar-refractivity contribution in [1.82, 2.24) is 9.78 Å². The van der Waals surface area contributed by atoms with E-state index in [1.807, 2.05) is 37.3 Å². The standard InChI is InChI=1S/C15H18N4OS/c1-11-13(10-18(2)17-11)15(20)19(9-8-14(16)21)12-6-4-3-5-7-12/h3-7,10H,8-9H2,1-2H3,(H2,16,21). The first-order chi connectivity index (χ1) is 9.99. The number of hydrogen-bond donors (Lipinski definition) is 1. The predicted octanol–water partition coefficient (Wildman–Crippen LogP) is 2.05. The molecule has 1 amide bonds. The molecule has 0 atom stereocenters. The van der Waals surface area contributed by atoms with Crippen molar-refractivity contribution in [2.75, 3.05) is 11.4 Å². The summed E-state index contributed by atoms with van der Waals surface area (Å²) >= 11 is 4.92. The minimum absolute atomic E-state index is 0.0944. The Balaban J connectivity index is 2.32. The van der Waals surface area contributed by atoms with E-state index in [1.54, 1.807) is 22.8 Å². The third-order valence-electron chi connectivity index (χ3n) is 3.14. The molecule has 0 unspecified atom stereocenters. The summed E-state index contributed by atoms with van der Waals surface area (Å²) in [6.45, 7) is 2.27. The number of carbonyl (C=O) groups excluding carboxylic acids is 1. The van der Waals surface area contributed by atoms with Gasteiger partial charge >= 0.3 is 0 Å². The van der Waals surface area contributed by atoms with Gasteiger partial charge in [-0.1, -0.05) is 30.4 Å². The number of anilines is 1. The highest BCUT2D eigenvalue weighted by Crippen LogP contribution is 2.18. The lowest BCUT2D eigenvalue weighted by Gasteiger charge is -2.22. The Bertz CT molecular complexity index is 651. The van der Waals surface area contributed by atoms with E-state index in [9.17, 15) is 4.79 Å². The van der Waals surface area contributed by atoms with Crippen LogP contribution in [0.2, 0.25) is 0 Å². The molecule has 0 spiro atoms. The van der Waals surface area contributed by atoms with Gasteiger partial charge in [0.2, 0.25) is 0 Å². The van der Waals surface area contributed by atoms with Crippen molar-refractivity contribution in [2.24, 2.45) is 12.8 Å². The van der Waals surface area contributed by atoms with Gasteiger partial charge in [-0.3, -0.25) is 9.48 Å². The lowest BCUT2D eigenvalue weighted by molar-refractivity contribution is 0.0987. The maximum Gasteiger partial charge on any atom is 0.261 e. The lowest BCUT2D eigenvalue weighted by atomic mass is 10.2. The van der Waals surface area contributed by atoms with E-state index < -0.39 is 0 Å². The Kier molecular flexibility index (Phi) is 4.70. The van der Waals surface area contributed by atoms with Crippen LogP contribution in [-0.4, -0.2) is 27.2 Å². The third-order valence-corrected chi connectivity index (χ3v) is 3.34. The van der Waals surface area contributed by atoms with Gasteiger partial charge in [0.25, 0.3) is 5.91 Å². The van der Waals surface area contributed by atoms with E-state index >= 15 is 0 Å². The van der Waals surface area contributed by atoms with Crippen LogP contribution in [0.15, 0.2) is 36.5 Å². The normalized spacial score (nSPS) is 10.4. The number of nitrogens with zero attached hydrogens (tertiary/aromatic N) is 3. The zero-order chi connectivity index (χ0) is 15.4. The molecule has 6 heteroatoms. The van der Waals surface area contributed by atoms with Crippen molar-refractivity contribution in [3.8, 4) is 0 Å². The summed E-state index contributed by atoms with van der Waals surface area (Å²) < 4.78 is 1.64. The second-order valence-electron chi connectivity index (χ2n) is 4.81. The maximum absolute atomic E-state index is 12.8. The van der Waals surface area contributed by atoms with E-state index in [2.05, 4.69) is 5.10 Å². The van der Waals surface area contributed by atoms with Gasteiger partial charge in [-0.2, -0.15) is 5.10 Å². The van der Waals surface area contributed by atoms with Crippen LogP contribution in [0, 0.1) is 6.92 Å². The smallest absolute Gasteiger partial charge is 0.261 e. The molecular formula is C15H18N4OS. The SMILES string of the molecule is Cc1nn(C)cc1C(=O)N(CCC(N)=S)c1ccccc1. The maximum atomic E-state index is 12.8. The van der Waals surface area contributed by atoms with Crippen molar-refractivity contribution in [3.63, 3.8) is 0 Å². The summed E-state index contributed by atoms with van der Waals surface area (Å²) in [6, 6.07) is 9.49.